The number of hydrogen-bond acceptors (Lipinski definition) is 6. The average Bonchev–Trinajstić information content (AvgIpc) is 1.99. The zero-order valence-electron chi connectivity index (χ0n) is 7.48. The Morgan fingerprint density at radius 1 is 1.38 bits per heavy atom. The number of hydrogen-bond donors (Lipinski definition) is 2. The molecule has 1 aromatic rings. The summed E-state index contributed by atoms with van der Waals surface area (Å²) in [6, 6.07) is 0.148. The van der Waals surface area contributed by atoms with Crippen LogP contribution in [0.4, 0.5) is 5.95 Å². The van der Waals surface area contributed by atoms with Gasteiger partial charge in [-0.3, -0.25) is 0 Å². The van der Waals surface area contributed by atoms with Crippen LogP contribution in [0.1, 0.15) is 12.7 Å². The molecule has 1 heterocycles. The fourth-order valence-electron chi connectivity index (χ4n) is 0.676. The maximum Gasteiger partial charge on any atom is 0.326 e. The molecule has 6 heteroatoms. The molecule has 0 bridgehead atoms. The highest BCUT2D eigenvalue weighted by molar-refractivity contribution is 5.18. The van der Waals surface area contributed by atoms with Crippen LogP contribution in [0.3, 0.4) is 0 Å². The Morgan fingerprint density at radius 2 is 2.08 bits per heavy atom. The summed E-state index contributed by atoms with van der Waals surface area (Å²) >= 11 is 0. The molecule has 0 saturated heterocycles. The van der Waals surface area contributed by atoms with Crippen molar-refractivity contribution in [2.45, 2.75) is 13.8 Å². The quantitative estimate of drug-likeness (QED) is 0.621. The maximum absolute atomic E-state index is 5.37. The van der Waals surface area contributed by atoms with Gasteiger partial charge in [-0.2, -0.15) is 15.0 Å². The number of nitrogens with two attached hydrogens (primary N) is 2. The second-order valence-electron chi connectivity index (χ2n) is 2.50. The van der Waals surface area contributed by atoms with Gasteiger partial charge in [0.1, 0.15) is 12.1 Å². The van der Waals surface area contributed by atoms with Crippen molar-refractivity contribution in [1.82, 2.24) is 15.0 Å². The molecule has 1 aromatic heterocycles. The van der Waals surface area contributed by atoms with E-state index in [9.17, 15) is 0 Å². The van der Waals surface area contributed by atoms with Gasteiger partial charge < -0.3 is 16.2 Å². The first-order valence-electron chi connectivity index (χ1n) is 3.65. The maximum atomic E-state index is 5.37. The molecule has 1 rings (SSSR count). The number of aryl methyl sites for hydroxylation is 1. The second-order valence-corrected chi connectivity index (χ2v) is 2.50. The third-order valence-electron chi connectivity index (χ3n) is 1.09. The summed E-state index contributed by atoms with van der Waals surface area (Å²) in [6.45, 7) is 3.39. The van der Waals surface area contributed by atoms with E-state index in [0.717, 1.165) is 0 Å². The van der Waals surface area contributed by atoms with E-state index >= 15 is 0 Å². The zero-order valence-corrected chi connectivity index (χ0v) is 7.48. The lowest BCUT2D eigenvalue weighted by atomic mass is 10.6. The lowest BCUT2D eigenvalue weighted by molar-refractivity contribution is 0.432. The number of anilines is 1. The average molecular weight is 181 g/mol. The van der Waals surface area contributed by atoms with Crippen LogP contribution < -0.4 is 16.2 Å². The van der Waals surface area contributed by atoms with E-state index in [-0.39, 0.29) is 12.0 Å². The van der Waals surface area contributed by atoms with Crippen molar-refractivity contribution < 1.29 is 4.74 Å². The van der Waals surface area contributed by atoms with E-state index < -0.39 is 0 Å². The predicted molar refractivity (Wildman–Crippen MR) is 47.5 cm³/mol. The van der Waals surface area contributed by atoms with Gasteiger partial charge in [0.2, 0.25) is 5.95 Å². The summed E-state index contributed by atoms with van der Waals surface area (Å²) in [5.74, 6) is 0.635. The number of nitrogens with zero attached hydrogens (tertiary/aromatic N) is 3. The van der Waals surface area contributed by atoms with Crippen molar-refractivity contribution >= 4 is 5.95 Å². The normalized spacial score (nSPS) is 11.4. The molecule has 0 aliphatic rings. The molecule has 0 aromatic carbocycles. The van der Waals surface area contributed by atoms with Gasteiger partial charge in [0.25, 0.3) is 0 Å². The monoisotopic (exact) mass is 181 g/mol. The Hall–Kier alpha value is -1.85. The summed E-state index contributed by atoms with van der Waals surface area (Å²) in [6.07, 6.45) is 1.34. The minimum Gasteiger partial charge on any atom is -0.430 e. The molecular formula is C7H11N5O. The SMILES string of the molecule is CC(N)=COc1nc(C)nc(N)n1. The van der Waals surface area contributed by atoms with E-state index in [1.807, 2.05) is 0 Å². The Bertz CT molecular complexity index is 311. The van der Waals surface area contributed by atoms with Crippen molar-refractivity contribution in [3.05, 3.63) is 17.8 Å². The van der Waals surface area contributed by atoms with Crippen LogP contribution in [0.2, 0.25) is 0 Å². The second kappa shape index (κ2) is 3.70. The molecule has 0 amide bonds. The molecule has 0 radical (unpaired) electrons. The molecule has 70 valence electrons. The number of allylic oxidation sites excluding steroid dienone is 1. The largest absolute Gasteiger partial charge is 0.430 e. The number of nitrogen functional groups attached to an aromatic ring is 1. The first kappa shape index (κ1) is 9.24. The molecule has 0 aliphatic carbocycles. The van der Waals surface area contributed by atoms with Gasteiger partial charge in [-0.25, -0.2) is 0 Å². The Labute approximate surface area is 75.7 Å². The minimum absolute atomic E-state index is 0.130. The van der Waals surface area contributed by atoms with E-state index in [1.54, 1.807) is 13.8 Å². The van der Waals surface area contributed by atoms with Crippen LogP contribution in [0.5, 0.6) is 6.01 Å². The van der Waals surface area contributed by atoms with E-state index in [2.05, 4.69) is 15.0 Å². The topological polar surface area (TPSA) is 99.9 Å². The van der Waals surface area contributed by atoms with Crippen LogP contribution in [-0.4, -0.2) is 15.0 Å². The van der Waals surface area contributed by atoms with E-state index in [1.165, 1.54) is 6.26 Å². The number of rotatable bonds is 2. The molecule has 13 heavy (non-hydrogen) atoms. The van der Waals surface area contributed by atoms with Crippen molar-refractivity contribution in [3.63, 3.8) is 0 Å². The highest BCUT2D eigenvalue weighted by Gasteiger charge is 1.99. The van der Waals surface area contributed by atoms with Gasteiger partial charge in [-0.15, -0.1) is 0 Å². The molecule has 0 saturated carbocycles. The highest BCUT2D eigenvalue weighted by atomic mass is 16.5. The Kier molecular flexibility index (Phi) is 2.63. The smallest absolute Gasteiger partial charge is 0.326 e. The lowest BCUT2D eigenvalue weighted by Gasteiger charge is -2.00. The molecule has 0 fully saturated rings. The first-order valence-corrected chi connectivity index (χ1v) is 3.65. The molecule has 0 aliphatic heterocycles. The molecule has 0 atom stereocenters. The van der Waals surface area contributed by atoms with Crippen LogP contribution in [0.25, 0.3) is 0 Å². The first-order chi connectivity index (χ1) is 6.08. The summed E-state index contributed by atoms with van der Waals surface area (Å²) in [5, 5.41) is 0. The van der Waals surface area contributed by atoms with Gasteiger partial charge in [-0.1, -0.05) is 0 Å². The lowest BCUT2D eigenvalue weighted by Crippen LogP contribution is -2.03. The number of aromatic nitrogens is 3. The van der Waals surface area contributed by atoms with E-state index in [0.29, 0.717) is 11.5 Å². The van der Waals surface area contributed by atoms with E-state index in [4.69, 9.17) is 16.2 Å². The van der Waals surface area contributed by atoms with Gasteiger partial charge in [0.15, 0.2) is 0 Å². The van der Waals surface area contributed by atoms with Crippen molar-refractivity contribution in [2.24, 2.45) is 5.73 Å². The third-order valence-corrected chi connectivity index (χ3v) is 1.09. The molecule has 0 spiro atoms. The standard InChI is InChI=1S/C7H11N5O/c1-4(8)3-13-7-11-5(2)10-6(9)12-7/h3H,8H2,1-2H3,(H2,9,10,11,12). The zero-order chi connectivity index (χ0) is 9.84. The fourth-order valence-corrected chi connectivity index (χ4v) is 0.676. The van der Waals surface area contributed by atoms with Gasteiger partial charge >= 0.3 is 6.01 Å². The molecular weight excluding hydrogens is 170 g/mol. The molecule has 0 unspecified atom stereocenters. The van der Waals surface area contributed by atoms with Crippen LogP contribution in [0.15, 0.2) is 12.0 Å². The summed E-state index contributed by atoms with van der Waals surface area (Å²) < 4.78 is 5.00. The Morgan fingerprint density at radius 3 is 2.62 bits per heavy atom. The molecule has 6 nitrogen and oxygen atoms in total. The summed E-state index contributed by atoms with van der Waals surface area (Å²) in [7, 11) is 0. The Balaban J connectivity index is 2.83. The van der Waals surface area contributed by atoms with Gasteiger partial charge in [0, 0.05) is 5.70 Å². The fraction of sp³-hybridized carbons (Fsp3) is 0.286. The summed E-state index contributed by atoms with van der Waals surface area (Å²) in [4.78, 5) is 11.4. The van der Waals surface area contributed by atoms with Crippen LogP contribution >= 0.6 is 0 Å². The van der Waals surface area contributed by atoms with Crippen molar-refractivity contribution in [1.29, 1.82) is 0 Å². The summed E-state index contributed by atoms with van der Waals surface area (Å²) in [5.41, 5.74) is 11.2. The van der Waals surface area contributed by atoms with Crippen molar-refractivity contribution in [3.8, 4) is 6.01 Å². The number of ether oxygens (including phenoxy) is 1. The van der Waals surface area contributed by atoms with Crippen LogP contribution in [-0.2, 0) is 0 Å². The third kappa shape index (κ3) is 2.94. The minimum atomic E-state index is 0.130. The van der Waals surface area contributed by atoms with Gasteiger partial charge in [-0.05, 0) is 13.8 Å². The predicted octanol–water partition coefficient (Wildman–Crippen LogP) is -0.0390. The highest BCUT2D eigenvalue weighted by Crippen LogP contribution is 2.04. The van der Waals surface area contributed by atoms with Crippen molar-refractivity contribution in [2.75, 3.05) is 5.73 Å². The van der Waals surface area contributed by atoms with Gasteiger partial charge in [0.05, 0.1) is 0 Å². The molecule has 4 N–H and O–H groups in total. The van der Waals surface area contributed by atoms with Crippen LogP contribution in [0, 0.1) is 6.92 Å².